The van der Waals surface area contributed by atoms with Crippen LogP contribution >= 0.6 is 0 Å². The summed E-state index contributed by atoms with van der Waals surface area (Å²) < 4.78 is 0. The van der Waals surface area contributed by atoms with E-state index in [0.29, 0.717) is 0 Å². The van der Waals surface area contributed by atoms with Crippen molar-refractivity contribution in [2.75, 3.05) is 0 Å². The lowest BCUT2D eigenvalue weighted by Gasteiger charge is -1.95. The maximum absolute atomic E-state index is 4.24. The number of hydrogen-bond donors (Lipinski definition) is 0. The molecule has 0 bridgehead atoms. The van der Waals surface area contributed by atoms with Crippen LogP contribution in [0.5, 0.6) is 0 Å². The molecule has 1 nitrogen and oxygen atoms in total. The van der Waals surface area contributed by atoms with Crippen molar-refractivity contribution in [3.63, 3.8) is 0 Å². The molecular weight excluding hydrogens is 206 g/mol. The van der Waals surface area contributed by atoms with Crippen molar-refractivity contribution in [3.8, 4) is 0 Å². The molecule has 1 heterocycles. The average Bonchev–Trinajstić information content (AvgIpc) is 2.39. The van der Waals surface area contributed by atoms with Crippen LogP contribution in [0.2, 0.25) is 0 Å². The van der Waals surface area contributed by atoms with Crippen molar-refractivity contribution < 1.29 is 0 Å². The Bertz CT molecular complexity index is 510. The van der Waals surface area contributed by atoms with Crippen LogP contribution in [0.4, 0.5) is 0 Å². The number of rotatable bonds is 3. The molecule has 0 N–H and O–H groups in total. The molecule has 0 aliphatic rings. The summed E-state index contributed by atoms with van der Waals surface area (Å²) in [6.45, 7) is 2.09. The molecule has 0 radical (unpaired) electrons. The van der Waals surface area contributed by atoms with Crippen LogP contribution in [0.1, 0.15) is 18.2 Å². The van der Waals surface area contributed by atoms with Gasteiger partial charge in [0.25, 0.3) is 0 Å². The third-order valence-corrected chi connectivity index (χ3v) is 2.40. The van der Waals surface area contributed by atoms with E-state index >= 15 is 0 Å². The van der Waals surface area contributed by atoms with Crippen molar-refractivity contribution in [2.45, 2.75) is 6.92 Å². The lowest BCUT2D eigenvalue weighted by atomic mass is 10.1. The SMILES string of the molecule is CC(/C=C/c1ccccn1)=C\c1ccccc1. The van der Waals surface area contributed by atoms with Gasteiger partial charge in [-0.2, -0.15) is 0 Å². The second-order valence-corrected chi connectivity index (χ2v) is 3.89. The average molecular weight is 221 g/mol. The predicted octanol–water partition coefficient (Wildman–Crippen LogP) is 4.20. The van der Waals surface area contributed by atoms with E-state index in [9.17, 15) is 0 Å². The molecule has 84 valence electrons. The molecular formula is C16H15N. The number of pyridine rings is 1. The smallest absolute Gasteiger partial charge is 0.0629 e. The van der Waals surface area contributed by atoms with Gasteiger partial charge in [-0.05, 0) is 30.7 Å². The summed E-state index contributed by atoms with van der Waals surface area (Å²) in [6.07, 6.45) is 8.06. The van der Waals surface area contributed by atoms with Crippen LogP contribution in [0.15, 0.2) is 66.4 Å². The van der Waals surface area contributed by atoms with E-state index < -0.39 is 0 Å². The molecule has 0 unspecified atom stereocenters. The van der Waals surface area contributed by atoms with Crippen molar-refractivity contribution in [1.82, 2.24) is 4.98 Å². The molecule has 2 rings (SSSR count). The maximum atomic E-state index is 4.24. The van der Waals surface area contributed by atoms with Crippen LogP contribution in [0, 0.1) is 0 Å². The summed E-state index contributed by atoms with van der Waals surface area (Å²) in [7, 11) is 0. The Labute approximate surface area is 102 Å². The zero-order valence-corrected chi connectivity index (χ0v) is 9.88. The molecule has 0 aliphatic heterocycles. The van der Waals surface area contributed by atoms with Gasteiger partial charge in [0.2, 0.25) is 0 Å². The first-order valence-corrected chi connectivity index (χ1v) is 5.67. The fourth-order valence-electron chi connectivity index (χ4n) is 1.55. The summed E-state index contributed by atoms with van der Waals surface area (Å²) in [5, 5.41) is 0. The van der Waals surface area contributed by atoms with Gasteiger partial charge in [0, 0.05) is 6.20 Å². The lowest BCUT2D eigenvalue weighted by molar-refractivity contribution is 1.29. The highest BCUT2D eigenvalue weighted by atomic mass is 14.6. The maximum Gasteiger partial charge on any atom is 0.0629 e. The summed E-state index contributed by atoms with van der Waals surface area (Å²) in [4.78, 5) is 4.24. The van der Waals surface area contributed by atoms with E-state index in [2.05, 4.69) is 36.2 Å². The van der Waals surface area contributed by atoms with Crippen LogP contribution in [-0.4, -0.2) is 4.98 Å². The van der Waals surface area contributed by atoms with Gasteiger partial charge in [0.1, 0.15) is 0 Å². The number of nitrogens with zero attached hydrogens (tertiary/aromatic N) is 1. The Morgan fingerprint density at radius 3 is 2.47 bits per heavy atom. The van der Waals surface area contributed by atoms with Crippen molar-refractivity contribution in [1.29, 1.82) is 0 Å². The Morgan fingerprint density at radius 2 is 1.76 bits per heavy atom. The van der Waals surface area contributed by atoms with Crippen LogP contribution < -0.4 is 0 Å². The van der Waals surface area contributed by atoms with Crippen LogP contribution in [0.3, 0.4) is 0 Å². The zero-order chi connectivity index (χ0) is 11.9. The van der Waals surface area contributed by atoms with E-state index in [-0.39, 0.29) is 0 Å². The van der Waals surface area contributed by atoms with Gasteiger partial charge in [0.15, 0.2) is 0 Å². The molecule has 1 aromatic heterocycles. The van der Waals surface area contributed by atoms with Gasteiger partial charge in [0.05, 0.1) is 5.69 Å². The molecule has 0 spiro atoms. The molecule has 0 saturated carbocycles. The number of allylic oxidation sites excluding steroid dienone is 2. The molecule has 1 heteroatoms. The van der Waals surface area contributed by atoms with Crippen molar-refractivity contribution in [2.24, 2.45) is 0 Å². The van der Waals surface area contributed by atoms with E-state index in [4.69, 9.17) is 0 Å². The van der Waals surface area contributed by atoms with Crippen LogP contribution in [0.25, 0.3) is 12.2 Å². The highest BCUT2D eigenvalue weighted by Crippen LogP contribution is 2.08. The van der Waals surface area contributed by atoms with E-state index in [1.54, 1.807) is 6.20 Å². The largest absolute Gasteiger partial charge is 0.257 e. The highest BCUT2D eigenvalue weighted by molar-refractivity contribution is 5.59. The molecule has 0 atom stereocenters. The number of aromatic nitrogens is 1. The first kappa shape index (κ1) is 11.3. The monoisotopic (exact) mass is 221 g/mol. The van der Waals surface area contributed by atoms with Crippen LogP contribution in [-0.2, 0) is 0 Å². The summed E-state index contributed by atoms with van der Waals surface area (Å²) in [5.41, 5.74) is 3.41. The van der Waals surface area contributed by atoms with Gasteiger partial charge >= 0.3 is 0 Å². The fraction of sp³-hybridized carbons (Fsp3) is 0.0625. The lowest BCUT2D eigenvalue weighted by Crippen LogP contribution is -1.77. The minimum atomic E-state index is 0.980. The van der Waals surface area contributed by atoms with E-state index in [1.807, 2.05) is 42.5 Å². The summed E-state index contributed by atoms with van der Waals surface area (Å²) in [6, 6.07) is 16.2. The normalized spacial score (nSPS) is 11.9. The molecule has 0 saturated heterocycles. The van der Waals surface area contributed by atoms with Gasteiger partial charge in [-0.15, -0.1) is 0 Å². The van der Waals surface area contributed by atoms with E-state index in [1.165, 1.54) is 11.1 Å². The molecule has 17 heavy (non-hydrogen) atoms. The van der Waals surface area contributed by atoms with Crippen molar-refractivity contribution >= 4 is 12.2 Å². The summed E-state index contributed by atoms with van der Waals surface area (Å²) >= 11 is 0. The molecule has 0 amide bonds. The fourth-order valence-corrected chi connectivity index (χ4v) is 1.55. The Balaban J connectivity index is 2.09. The Kier molecular flexibility index (Phi) is 3.87. The topological polar surface area (TPSA) is 12.9 Å². The highest BCUT2D eigenvalue weighted by Gasteiger charge is 1.88. The predicted molar refractivity (Wildman–Crippen MR) is 73.4 cm³/mol. The Hall–Kier alpha value is -2.15. The minimum absolute atomic E-state index is 0.980. The summed E-state index contributed by atoms with van der Waals surface area (Å²) in [5.74, 6) is 0. The Morgan fingerprint density at radius 1 is 1.00 bits per heavy atom. The van der Waals surface area contributed by atoms with Gasteiger partial charge in [-0.25, -0.2) is 0 Å². The van der Waals surface area contributed by atoms with Gasteiger partial charge < -0.3 is 0 Å². The number of hydrogen-bond acceptors (Lipinski definition) is 1. The van der Waals surface area contributed by atoms with Gasteiger partial charge in [-0.3, -0.25) is 4.98 Å². The van der Waals surface area contributed by atoms with E-state index in [0.717, 1.165) is 5.69 Å². The third-order valence-electron chi connectivity index (χ3n) is 2.40. The molecule has 0 aliphatic carbocycles. The number of benzene rings is 1. The quantitative estimate of drug-likeness (QED) is 0.708. The minimum Gasteiger partial charge on any atom is -0.257 e. The first-order valence-electron chi connectivity index (χ1n) is 5.67. The second-order valence-electron chi connectivity index (χ2n) is 3.89. The first-order chi connectivity index (χ1) is 8.34. The van der Waals surface area contributed by atoms with Crippen molar-refractivity contribution in [3.05, 3.63) is 77.6 Å². The molecule has 0 fully saturated rings. The zero-order valence-electron chi connectivity index (χ0n) is 9.88. The third kappa shape index (κ3) is 3.72. The van der Waals surface area contributed by atoms with Gasteiger partial charge in [-0.1, -0.05) is 54.1 Å². The molecule has 1 aromatic carbocycles. The second kappa shape index (κ2) is 5.80. The molecule has 2 aromatic rings. The standard InChI is InChI=1S/C16H15N/c1-14(13-15-7-3-2-4-8-15)10-11-16-9-5-6-12-17-16/h2-13H,1H3/b11-10+,14-13+.